The van der Waals surface area contributed by atoms with Gasteiger partial charge in [-0.25, -0.2) is 24.5 Å². The predicted molar refractivity (Wildman–Crippen MR) is 127 cm³/mol. The zero-order valence-electron chi connectivity index (χ0n) is 19.4. The first-order valence-electron chi connectivity index (χ1n) is 10.6. The molecule has 4 heterocycles. The molecule has 1 aliphatic rings. The zero-order chi connectivity index (χ0) is 28.7. The quantitative estimate of drug-likeness (QED) is 0.328. The Hall–Kier alpha value is -3.24. The van der Waals surface area contributed by atoms with Gasteiger partial charge in [-0.2, -0.15) is 26.3 Å². The Morgan fingerprint density at radius 3 is 2.00 bits per heavy atom. The highest BCUT2D eigenvalue weighted by atomic mass is 35.5. The molecule has 0 aliphatic carbocycles. The summed E-state index contributed by atoms with van der Waals surface area (Å²) in [6.45, 7) is 7.40. The first-order valence-corrected chi connectivity index (χ1v) is 11.8. The van der Waals surface area contributed by atoms with Crippen LogP contribution in [0.4, 0.5) is 32.2 Å². The number of nitrogens with zero attached hydrogens (tertiary/aromatic N) is 5. The van der Waals surface area contributed by atoms with E-state index in [9.17, 15) is 26.3 Å². The van der Waals surface area contributed by atoms with Gasteiger partial charge in [-0.3, -0.25) is 0 Å². The van der Waals surface area contributed by atoms with Gasteiger partial charge in [0.1, 0.15) is 22.1 Å². The number of anilines is 1. The second kappa shape index (κ2) is 13.0. The summed E-state index contributed by atoms with van der Waals surface area (Å²) in [7, 11) is 0. The number of pyridine rings is 1. The molecule has 0 radical (unpaired) electrons. The highest BCUT2D eigenvalue weighted by Crippen LogP contribution is 2.39. The minimum Gasteiger partial charge on any atom is -0.475 e. The lowest BCUT2D eigenvalue weighted by Crippen LogP contribution is -2.46. The van der Waals surface area contributed by atoms with Crippen molar-refractivity contribution >= 4 is 50.9 Å². The average Bonchev–Trinajstić information content (AvgIpc) is 3.28. The van der Waals surface area contributed by atoms with Gasteiger partial charge < -0.3 is 20.0 Å². The minimum absolute atomic E-state index is 0.516. The van der Waals surface area contributed by atoms with Crippen LogP contribution in [0.2, 0.25) is 5.15 Å². The van der Waals surface area contributed by atoms with Crippen LogP contribution in [0.3, 0.4) is 0 Å². The molecule has 0 bridgehead atoms. The average molecular weight is 588 g/mol. The topological polar surface area (TPSA) is 120 Å². The molecule has 208 valence electrons. The predicted octanol–water partition coefficient (Wildman–Crippen LogP) is 4.82. The Morgan fingerprint density at radius 1 is 0.974 bits per heavy atom. The molecule has 0 amide bonds. The van der Waals surface area contributed by atoms with E-state index in [0.29, 0.717) is 5.15 Å². The number of alkyl halides is 6. The molecule has 38 heavy (non-hydrogen) atoms. The van der Waals surface area contributed by atoms with Crippen LogP contribution >= 0.6 is 22.9 Å². The van der Waals surface area contributed by atoms with Gasteiger partial charge in [0.05, 0.1) is 5.39 Å². The Kier molecular flexibility index (Phi) is 10.6. The second-order valence-corrected chi connectivity index (χ2v) is 8.61. The van der Waals surface area contributed by atoms with Crippen molar-refractivity contribution in [2.24, 2.45) is 0 Å². The summed E-state index contributed by atoms with van der Waals surface area (Å²) in [5.41, 5.74) is 2.01. The molecule has 17 heteroatoms. The third-order valence-corrected chi connectivity index (χ3v) is 6.19. The van der Waals surface area contributed by atoms with Crippen LogP contribution < -0.4 is 4.90 Å². The molecule has 3 aromatic heterocycles. The van der Waals surface area contributed by atoms with Crippen molar-refractivity contribution in [1.29, 1.82) is 0 Å². The molecule has 1 saturated heterocycles. The molecule has 1 fully saturated rings. The maximum absolute atomic E-state index is 10.6. The molecule has 0 unspecified atom stereocenters. The zero-order valence-corrected chi connectivity index (χ0v) is 21.0. The highest BCUT2D eigenvalue weighted by molar-refractivity contribution is 7.17. The standard InChI is InChI=1S/C17H18ClN5S.2C2HF3O2/c1-2-22-6-8-23(9-7-22)16-14-13(10-24-17(14)21-11-20-16)12-4-3-5-19-15(12)18;2*3-2(4,5)1(6)7/h3-5,10-11H,2,6-9H2,1H3;2*(H,6,7). The molecule has 9 nitrogen and oxygen atoms in total. The van der Waals surface area contributed by atoms with Gasteiger partial charge in [-0.1, -0.05) is 18.5 Å². The fourth-order valence-electron chi connectivity index (χ4n) is 3.16. The number of halogens is 7. The van der Waals surface area contributed by atoms with Gasteiger partial charge in [0.25, 0.3) is 0 Å². The van der Waals surface area contributed by atoms with Crippen LogP contribution in [0.5, 0.6) is 0 Å². The number of carboxylic acid groups (broad SMARTS) is 2. The van der Waals surface area contributed by atoms with Gasteiger partial charge in [0, 0.05) is 48.9 Å². The number of aromatic nitrogens is 3. The maximum atomic E-state index is 10.6. The fraction of sp³-hybridized carbons (Fsp3) is 0.381. The van der Waals surface area contributed by atoms with E-state index in [2.05, 4.69) is 37.1 Å². The van der Waals surface area contributed by atoms with E-state index in [1.54, 1.807) is 23.9 Å². The van der Waals surface area contributed by atoms with Crippen molar-refractivity contribution in [2.75, 3.05) is 37.6 Å². The number of hydrogen-bond donors (Lipinski definition) is 2. The van der Waals surface area contributed by atoms with E-state index in [-0.39, 0.29) is 0 Å². The normalized spacial score (nSPS) is 14.3. The van der Waals surface area contributed by atoms with E-state index in [1.807, 2.05) is 12.1 Å². The van der Waals surface area contributed by atoms with Crippen molar-refractivity contribution in [3.8, 4) is 11.1 Å². The molecule has 0 spiro atoms. The van der Waals surface area contributed by atoms with Crippen LogP contribution in [0.1, 0.15) is 6.92 Å². The summed E-state index contributed by atoms with van der Waals surface area (Å²) in [4.78, 5) is 36.9. The van der Waals surface area contributed by atoms with E-state index in [4.69, 9.17) is 31.4 Å². The summed E-state index contributed by atoms with van der Waals surface area (Å²) >= 11 is 7.95. The second-order valence-electron chi connectivity index (χ2n) is 7.40. The maximum Gasteiger partial charge on any atom is 0.490 e. The molecule has 3 aromatic rings. The lowest BCUT2D eigenvalue weighted by Gasteiger charge is -2.35. The van der Waals surface area contributed by atoms with Gasteiger partial charge >= 0.3 is 24.3 Å². The SMILES string of the molecule is CCN1CCN(c2ncnc3scc(-c4cccnc4Cl)c23)CC1.O=C(O)C(F)(F)F.O=C(O)C(F)(F)F. The number of fused-ring (bicyclic) bond motifs is 1. The molecular formula is C21H20ClF6N5O4S. The third kappa shape index (κ3) is 8.39. The van der Waals surface area contributed by atoms with Gasteiger partial charge in [-0.05, 0) is 18.7 Å². The molecule has 1 aliphatic heterocycles. The van der Waals surface area contributed by atoms with Crippen molar-refractivity contribution in [3.63, 3.8) is 0 Å². The first-order chi connectivity index (χ1) is 17.7. The third-order valence-electron chi connectivity index (χ3n) is 5.00. The first kappa shape index (κ1) is 31.0. The van der Waals surface area contributed by atoms with E-state index < -0.39 is 24.3 Å². The highest BCUT2D eigenvalue weighted by Gasteiger charge is 2.38. The summed E-state index contributed by atoms with van der Waals surface area (Å²) in [5.74, 6) is -4.51. The van der Waals surface area contributed by atoms with Crippen molar-refractivity contribution < 1.29 is 46.1 Å². The largest absolute Gasteiger partial charge is 0.490 e. The van der Waals surface area contributed by atoms with E-state index in [0.717, 1.165) is 59.9 Å². The lowest BCUT2D eigenvalue weighted by molar-refractivity contribution is -0.193. The number of hydrogen-bond acceptors (Lipinski definition) is 8. The van der Waals surface area contributed by atoms with Gasteiger partial charge in [0.15, 0.2) is 0 Å². The summed E-state index contributed by atoms with van der Waals surface area (Å²) < 4.78 is 63.5. The number of rotatable bonds is 3. The van der Waals surface area contributed by atoms with Crippen molar-refractivity contribution in [2.45, 2.75) is 19.3 Å². The number of thiophene rings is 1. The van der Waals surface area contributed by atoms with Crippen LogP contribution in [0.15, 0.2) is 30.0 Å². The minimum atomic E-state index is -5.08. The van der Waals surface area contributed by atoms with Crippen LogP contribution in [0, 0.1) is 0 Å². The van der Waals surface area contributed by atoms with Gasteiger partial charge in [-0.15, -0.1) is 11.3 Å². The molecule has 0 atom stereocenters. The van der Waals surface area contributed by atoms with Crippen LogP contribution in [-0.2, 0) is 9.59 Å². The smallest absolute Gasteiger partial charge is 0.475 e. The number of aliphatic carboxylic acids is 2. The molecule has 4 rings (SSSR count). The summed E-state index contributed by atoms with van der Waals surface area (Å²) in [6.07, 6.45) is -6.79. The van der Waals surface area contributed by atoms with Crippen molar-refractivity contribution in [3.05, 3.63) is 35.2 Å². The van der Waals surface area contributed by atoms with Gasteiger partial charge in [0.2, 0.25) is 0 Å². The Morgan fingerprint density at radius 2 is 1.53 bits per heavy atom. The summed E-state index contributed by atoms with van der Waals surface area (Å²) in [5, 5.41) is 18.0. The van der Waals surface area contributed by atoms with Crippen molar-refractivity contribution in [1.82, 2.24) is 19.9 Å². The number of piperazine rings is 1. The van der Waals surface area contributed by atoms with E-state index in [1.165, 1.54) is 0 Å². The fourth-order valence-corrected chi connectivity index (χ4v) is 4.28. The number of carbonyl (C=O) groups is 2. The molecular weight excluding hydrogens is 568 g/mol. The summed E-state index contributed by atoms with van der Waals surface area (Å²) in [6, 6.07) is 3.91. The molecule has 0 aromatic carbocycles. The number of carboxylic acids is 2. The number of likely N-dealkylation sites (N-methyl/N-ethyl adjacent to an activating group) is 1. The molecule has 0 saturated carbocycles. The lowest BCUT2D eigenvalue weighted by atomic mass is 10.1. The molecule has 2 N–H and O–H groups in total. The van der Waals surface area contributed by atoms with E-state index >= 15 is 0 Å². The Labute approximate surface area is 220 Å². The Bertz CT molecular complexity index is 1220. The monoisotopic (exact) mass is 587 g/mol. The van der Waals surface area contributed by atoms with Crippen LogP contribution in [0.25, 0.3) is 21.3 Å². The Balaban J connectivity index is 0.000000301. The van der Waals surface area contributed by atoms with Crippen LogP contribution in [-0.4, -0.2) is 87.1 Å².